The van der Waals surface area contributed by atoms with Crippen LogP contribution >= 0.6 is 0 Å². The first kappa shape index (κ1) is 17.9. The van der Waals surface area contributed by atoms with Gasteiger partial charge in [0, 0.05) is 30.8 Å². The second-order valence-electron chi connectivity index (χ2n) is 5.93. The third-order valence-electron chi connectivity index (χ3n) is 4.24. The highest BCUT2D eigenvalue weighted by molar-refractivity contribution is 5.97. The SMILES string of the molecule is CC(NC(=O)c1cccc([N+](=O)[O-])c1)C(=O)N(C)C1CCNCC1. The minimum Gasteiger partial charge on any atom is -0.341 e. The lowest BCUT2D eigenvalue weighted by Gasteiger charge is -2.33. The summed E-state index contributed by atoms with van der Waals surface area (Å²) in [6, 6.07) is 4.91. The maximum absolute atomic E-state index is 12.5. The molecule has 0 spiro atoms. The second kappa shape index (κ2) is 7.87. The molecule has 130 valence electrons. The molecule has 0 radical (unpaired) electrons. The van der Waals surface area contributed by atoms with Gasteiger partial charge in [-0.05, 0) is 38.9 Å². The molecule has 8 heteroatoms. The Kier molecular flexibility index (Phi) is 5.86. The lowest BCUT2D eigenvalue weighted by Crippen LogP contribution is -2.51. The Morgan fingerprint density at radius 2 is 2.04 bits per heavy atom. The van der Waals surface area contributed by atoms with Crippen molar-refractivity contribution in [1.82, 2.24) is 15.5 Å². The summed E-state index contributed by atoms with van der Waals surface area (Å²) in [5.41, 5.74) is 0.00169. The molecule has 0 bridgehead atoms. The fourth-order valence-electron chi connectivity index (χ4n) is 2.78. The minimum atomic E-state index is -0.698. The number of nitrogens with zero attached hydrogens (tertiary/aromatic N) is 2. The van der Waals surface area contributed by atoms with Crippen molar-refractivity contribution in [3.63, 3.8) is 0 Å². The Balaban J connectivity index is 1.98. The van der Waals surface area contributed by atoms with E-state index in [0.29, 0.717) is 0 Å². The molecule has 1 atom stereocenters. The van der Waals surface area contributed by atoms with Crippen LogP contribution in [0.15, 0.2) is 24.3 Å². The number of likely N-dealkylation sites (N-methyl/N-ethyl adjacent to an activating group) is 1. The Bertz CT molecular complexity index is 628. The van der Waals surface area contributed by atoms with Crippen molar-refractivity contribution < 1.29 is 14.5 Å². The summed E-state index contributed by atoms with van der Waals surface area (Å²) >= 11 is 0. The number of piperidine rings is 1. The molecule has 1 fully saturated rings. The second-order valence-corrected chi connectivity index (χ2v) is 5.93. The molecule has 0 aliphatic carbocycles. The topological polar surface area (TPSA) is 105 Å². The monoisotopic (exact) mass is 334 g/mol. The first-order valence-corrected chi connectivity index (χ1v) is 7.93. The average Bonchev–Trinajstić information content (AvgIpc) is 2.61. The van der Waals surface area contributed by atoms with Gasteiger partial charge in [-0.1, -0.05) is 6.07 Å². The van der Waals surface area contributed by atoms with E-state index >= 15 is 0 Å². The fourth-order valence-corrected chi connectivity index (χ4v) is 2.78. The van der Waals surface area contributed by atoms with E-state index in [2.05, 4.69) is 10.6 Å². The number of nitro benzene ring substituents is 1. The van der Waals surface area contributed by atoms with Crippen molar-refractivity contribution in [1.29, 1.82) is 0 Å². The summed E-state index contributed by atoms with van der Waals surface area (Å²) in [7, 11) is 1.74. The molecule has 2 N–H and O–H groups in total. The van der Waals surface area contributed by atoms with Crippen LogP contribution in [0.3, 0.4) is 0 Å². The molecular weight excluding hydrogens is 312 g/mol. The maximum atomic E-state index is 12.5. The van der Waals surface area contributed by atoms with E-state index in [1.807, 2.05) is 0 Å². The van der Waals surface area contributed by atoms with Crippen LogP contribution in [-0.2, 0) is 4.79 Å². The standard InChI is InChI=1S/C16H22N4O4/c1-11(16(22)19(2)13-6-8-17-9-7-13)18-15(21)12-4-3-5-14(10-12)20(23)24/h3-5,10-11,13,17H,6-9H2,1-2H3,(H,18,21). The highest BCUT2D eigenvalue weighted by Gasteiger charge is 2.26. The maximum Gasteiger partial charge on any atom is 0.270 e. The van der Waals surface area contributed by atoms with Crippen LogP contribution in [0, 0.1) is 10.1 Å². The molecule has 1 aliphatic rings. The van der Waals surface area contributed by atoms with Crippen LogP contribution in [0.4, 0.5) is 5.69 Å². The van der Waals surface area contributed by atoms with Gasteiger partial charge in [-0.2, -0.15) is 0 Å². The number of nitro groups is 1. The van der Waals surface area contributed by atoms with Crippen molar-refractivity contribution >= 4 is 17.5 Å². The molecule has 1 saturated heterocycles. The molecule has 0 aromatic heterocycles. The summed E-state index contributed by atoms with van der Waals surface area (Å²) in [6.07, 6.45) is 1.77. The summed E-state index contributed by atoms with van der Waals surface area (Å²) in [5, 5.41) is 16.6. The number of non-ortho nitro benzene ring substituents is 1. The first-order chi connectivity index (χ1) is 11.4. The molecule has 24 heavy (non-hydrogen) atoms. The van der Waals surface area contributed by atoms with E-state index in [0.717, 1.165) is 25.9 Å². The number of amides is 2. The van der Waals surface area contributed by atoms with Gasteiger partial charge in [-0.3, -0.25) is 19.7 Å². The smallest absolute Gasteiger partial charge is 0.270 e. The number of hydrogen-bond donors (Lipinski definition) is 2. The Morgan fingerprint density at radius 1 is 1.38 bits per heavy atom. The normalized spacial score (nSPS) is 16.2. The number of nitrogens with one attached hydrogen (secondary N) is 2. The lowest BCUT2D eigenvalue weighted by molar-refractivity contribution is -0.384. The molecule has 1 aromatic carbocycles. The molecule has 1 aliphatic heterocycles. The largest absolute Gasteiger partial charge is 0.341 e. The van der Waals surface area contributed by atoms with Crippen LogP contribution in [0.5, 0.6) is 0 Å². The number of hydrogen-bond acceptors (Lipinski definition) is 5. The van der Waals surface area contributed by atoms with Crippen LogP contribution in [0.1, 0.15) is 30.1 Å². The van der Waals surface area contributed by atoms with Crippen molar-refractivity contribution in [2.24, 2.45) is 0 Å². The highest BCUT2D eigenvalue weighted by atomic mass is 16.6. The molecule has 0 saturated carbocycles. The average molecular weight is 334 g/mol. The summed E-state index contributed by atoms with van der Waals surface area (Å²) in [4.78, 5) is 36.6. The predicted octanol–water partition coefficient (Wildman–Crippen LogP) is 0.923. The van der Waals surface area contributed by atoms with Crippen LogP contribution in [0.25, 0.3) is 0 Å². The fraction of sp³-hybridized carbons (Fsp3) is 0.500. The van der Waals surface area contributed by atoms with Gasteiger partial charge >= 0.3 is 0 Å². The third kappa shape index (κ3) is 4.29. The van der Waals surface area contributed by atoms with E-state index in [1.165, 1.54) is 24.3 Å². The Hall–Kier alpha value is -2.48. The molecule has 2 rings (SSSR count). The van der Waals surface area contributed by atoms with Gasteiger partial charge in [0.05, 0.1) is 4.92 Å². The van der Waals surface area contributed by atoms with Gasteiger partial charge in [0.15, 0.2) is 0 Å². The molecule has 1 heterocycles. The predicted molar refractivity (Wildman–Crippen MR) is 88.7 cm³/mol. The van der Waals surface area contributed by atoms with Crippen LogP contribution < -0.4 is 10.6 Å². The Labute approximate surface area is 140 Å². The van der Waals surface area contributed by atoms with Crippen LogP contribution in [-0.4, -0.2) is 53.9 Å². The highest BCUT2D eigenvalue weighted by Crippen LogP contribution is 2.14. The molecule has 1 unspecified atom stereocenters. The zero-order valence-electron chi connectivity index (χ0n) is 13.8. The van der Waals surface area contributed by atoms with Gasteiger partial charge in [0.2, 0.25) is 5.91 Å². The van der Waals surface area contributed by atoms with Gasteiger partial charge in [-0.25, -0.2) is 0 Å². The molecule has 8 nitrogen and oxygen atoms in total. The summed E-state index contributed by atoms with van der Waals surface area (Å²) in [5.74, 6) is -0.668. The molecule has 2 amide bonds. The van der Waals surface area contributed by atoms with Gasteiger partial charge in [-0.15, -0.1) is 0 Å². The van der Waals surface area contributed by atoms with E-state index in [-0.39, 0.29) is 23.2 Å². The number of benzene rings is 1. The lowest BCUT2D eigenvalue weighted by atomic mass is 10.0. The molecular formula is C16H22N4O4. The van der Waals surface area contributed by atoms with Gasteiger partial charge < -0.3 is 15.5 Å². The van der Waals surface area contributed by atoms with E-state index in [4.69, 9.17) is 0 Å². The number of rotatable bonds is 5. The number of carbonyl (C=O) groups excluding carboxylic acids is 2. The quantitative estimate of drug-likeness (QED) is 0.615. The number of carbonyl (C=O) groups is 2. The van der Waals surface area contributed by atoms with Crippen LogP contribution in [0.2, 0.25) is 0 Å². The van der Waals surface area contributed by atoms with E-state index < -0.39 is 16.9 Å². The zero-order chi connectivity index (χ0) is 17.7. The Morgan fingerprint density at radius 3 is 2.67 bits per heavy atom. The van der Waals surface area contributed by atoms with E-state index in [1.54, 1.807) is 18.9 Å². The van der Waals surface area contributed by atoms with Gasteiger partial charge in [0.1, 0.15) is 6.04 Å². The molecule has 1 aromatic rings. The van der Waals surface area contributed by atoms with Gasteiger partial charge in [0.25, 0.3) is 11.6 Å². The third-order valence-corrected chi connectivity index (χ3v) is 4.24. The first-order valence-electron chi connectivity index (χ1n) is 7.93. The van der Waals surface area contributed by atoms with E-state index in [9.17, 15) is 19.7 Å². The zero-order valence-corrected chi connectivity index (χ0v) is 13.8. The van der Waals surface area contributed by atoms with Crippen molar-refractivity contribution in [3.05, 3.63) is 39.9 Å². The van der Waals surface area contributed by atoms with Crippen molar-refractivity contribution in [2.75, 3.05) is 20.1 Å². The van der Waals surface area contributed by atoms with Crippen molar-refractivity contribution in [3.8, 4) is 0 Å². The van der Waals surface area contributed by atoms with Crippen molar-refractivity contribution in [2.45, 2.75) is 31.8 Å². The minimum absolute atomic E-state index is 0.159. The summed E-state index contributed by atoms with van der Waals surface area (Å²) < 4.78 is 0. The summed E-state index contributed by atoms with van der Waals surface area (Å²) in [6.45, 7) is 3.36.